The maximum absolute atomic E-state index is 15.6. The molecule has 0 radical (unpaired) electrons. The highest BCUT2D eigenvalue weighted by Crippen LogP contribution is 2.46. The summed E-state index contributed by atoms with van der Waals surface area (Å²) in [5.41, 5.74) is 10.8. The molecular formula is C27H46FN8O9P. The molecule has 1 aromatic rings. The molecule has 1 aliphatic heterocycles. The number of anilines is 1. The second-order valence-electron chi connectivity index (χ2n) is 13.5. The number of esters is 2. The molecule has 2 rings (SSSR count). The third-order valence-electron chi connectivity index (χ3n) is 6.77. The van der Waals surface area contributed by atoms with Gasteiger partial charge >= 0.3 is 25.3 Å². The first-order chi connectivity index (χ1) is 21.1. The van der Waals surface area contributed by atoms with Crippen molar-refractivity contribution in [2.75, 3.05) is 25.6 Å². The summed E-state index contributed by atoms with van der Waals surface area (Å²) in [6, 6.07) is -1.36. The van der Waals surface area contributed by atoms with Crippen LogP contribution in [0.15, 0.2) is 22.2 Å². The number of nitrogens with two attached hydrogens (primary N) is 1. The Morgan fingerprint density at radius 3 is 2.11 bits per heavy atom. The average molecular weight is 677 g/mol. The van der Waals surface area contributed by atoms with E-state index in [-0.39, 0.29) is 29.9 Å². The molecule has 17 nitrogen and oxygen atoms in total. The van der Waals surface area contributed by atoms with Gasteiger partial charge in [-0.1, -0.05) is 46.7 Å². The summed E-state index contributed by atoms with van der Waals surface area (Å²) in [5, 5.41) is 18.9. The Morgan fingerprint density at radius 1 is 1.17 bits per heavy atom. The van der Waals surface area contributed by atoms with Crippen molar-refractivity contribution in [3.63, 3.8) is 0 Å². The predicted molar refractivity (Wildman–Crippen MR) is 165 cm³/mol. The van der Waals surface area contributed by atoms with Crippen LogP contribution in [-0.4, -0.2) is 76.5 Å². The van der Waals surface area contributed by atoms with E-state index in [4.69, 9.17) is 24.5 Å². The molecule has 0 unspecified atom stereocenters. The predicted octanol–water partition coefficient (Wildman–Crippen LogP) is 3.10. The van der Waals surface area contributed by atoms with Crippen molar-refractivity contribution in [3.8, 4) is 0 Å². The first kappa shape index (κ1) is 39.1. The summed E-state index contributed by atoms with van der Waals surface area (Å²) in [6.45, 7) is 13.4. The van der Waals surface area contributed by atoms with E-state index >= 15 is 4.39 Å². The van der Waals surface area contributed by atoms with E-state index in [0.717, 1.165) is 10.8 Å². The second-order valence-corrected chi connectivity index (χ2v) is 15.3. The molecule has 1 aliphatic rings. The van der Waals surface area contributed by atoms with Crippen molar-refractivity contribution < 1.29 is 42.4 Å². The van der Waals surface area contributed by atoms with Crippen LogP contribution in [0.4, 0.5) is 10.2 Å². The van der Waals surface area contributed by atoms with Gasteiger partial charge in [0.15, 0.2) is 12.4 Å². The maximum Gasteiger partial charge on any atom is 0.351 e. The van der Waals surface area contributed by atoms with E-state index in [1.807, 2.05) is 41.5 Å². The number of ether oxygens (including phenoxy) is 3. The minimum Gasteiger partial charge on any atom is -0.465 e. The van der Waals surface area contributed by atoms with E-state index in [1.165, 1.54) is 19.9 Å². The molecule has 1 aromatic heterocycles. The average Bonchev–Trinajstić information content (AvgIpc) is 3.16. The highest BCUT2D eigenvalue weighted by molar-refractivity contribution is 7.54. The van der Waals surface area contributed by atoms with E-state index in [9.17, 15) is 29.6 Å². The number of azide groups is 1. The molecule has 5 N–H and O–H groups in total. The maximum atomic E-state index is 15.6. The van der Waals surface area contributed by atoms with Gasteiger partial charge in [-0.3, -0.25) is 18.7 Å². The van der Waals surface area contributed by atoms with Crippen LogP contribution in [0.25, 0.3) is 10.4 Å². The van der Waals surface area contributed by atoms with Crippen LogP contribution in [0.3, 0.4) is 0 Å². The standard InChI is InChI=1S/C27H46FN8O9P/c1-16(22(38)42-13-10-25(3,4)5)32-46(41,33-17(2)23(39)43-14-11-26(6,7)8)44-15-27(34-35-30)20(28)19(37)21(45-27)36-12-9-18(29)31-24(36)40/h9,12,16-17,19-21,37H,10-11,13-15H2,1-8H3,(H2,29,31,40)(H2,32,33,41)/t16-,17-,19+,20-,21+,27+/m0/s1. The van der Waals surface area contributed by atoms with Gasteiger partial charge in [0.25, 0.3) is 0 Å². The Kier molecular flexibility index (Phi) is 13.3. The number of rotatable bonds is 15. The van der Waals surface area contributed by atoms with Crippen LogP contribution in [-0.2, 0) is 32.9 Å². The van der Waals surface area contributed by atoms with Crippen LogP contribution < -0.4 is 21.6 Å². The Morgan fingerprint density at radius 2 is 1.67 bits per heavy atom. The summed E-state index contributed by atoms with van der Waals surface area (Å²) in [4.78, 5) is 43.9. The lowest BCUT2D eigenvalue weighted by Crippen LogP contribution is -2.46. The first-order valence-electron chi connectivity index (χ1n) is 14.7. The number of hydrogen-bond donors (Lipinski definition) is 4. The number of nitrogens with one attached hydrogen (secondary N) is 2. The summed E-state index contributed by atoms with van der Waals surface area (Å²) >= 11 is 0. The van der Waals surface area contributed by atoms with Crippen molar-refractivity contribution >= 4 is 25.4 Å². The van der Waals surface area contributed by atoms with Crippen molar-refractivity contribution in [1.82, 2.24) is 19.7 Å². The summed E-state index contributed by atoms with van der Waals surface area (Å²) in [7, 11) is -4.55. The van der Waals surface area contributed by atoms with Gasteiger partial charge in [-0.05, 0) is 49.1 Å². The molecule has 46 heavy (non-hydrogen) atoms. The zero-order valence-electron chi connectivity index (χ0n) is 27.4. The number of nitrogen functional groups attached to an aromatic ring is 1. The van der Waals surface area contributed by atoms with Crippen LogP contribution in [0, 0.1) is 10.8 Å². The topological polar surface area (TPSA) is 242 Å². The highest BCUT2D eigenvalue weighted by atomic mass is 31.2. The van der Waals surface area contributed by atoms with Crippen molar-refractivity contribution in [2.24, 2.45) is 15.9 Å². The van der Waals surface area contributed by atoms with Crippen LogP contribution in [0.2, 0.25) is 0 Å². The van der Waals surface area contributed by atoms with Crippen molar-refractivity contribution in [2.45, 2.75) is 105 Å². The fourth-order valence-corrected chi connectivity index (χ4v) is 5.79. The Labute approximate surface area is 266 Å². The number of nitrogens with zero attached hydrogens (tertiary/aromatic N) is 5. The zero-order chi connectivity index (χ0) is 35.1. The van der Waals surface area contributed by atoms with Gasteiger partial charge in [0, 0.05) is 11.1 Å². The number of aromatic nitrogens is 2. The third-order valence-corrected chi connectivity index (χ3v) is 8.71. The highest BCUT2D eigenvalue weighted by Gasteiger charge is 2.57. The van der Waals surface area contributed by atoms with Crippen LogP contribution >= 0.6 is 7.67 Å². The molecule has 6 atom stereocenters. The first-order valence-corrected chi connectivity index (χ1v) is 16.3. The zero-order valence-corrected chi connectivity index (χ0v) is 28.3. The van der Waals surface area contributed by atoms with Gasteiger partial charge in [-0.25, -0.2) is 19.4 Å². The molecule has 1 fully saturated rings. The number of aliphatic hydroxyl groups excluding tert-OH is 1. The fraction of sp³-hybridized carbons (Fsp3) is 0.778. The molecular weight excluding hydrogens is 630 g/mol. The van der Waals surface area contributed by atoms with Crippen molar-refractivity contribution in [1.29, 1.82) is 0 Å². The van der Waals surface area contributed by atoms with Gasteiger partial charge < -0.3 is 29.6 Å². The van der Waals surface area contributed by atoms with E-state index < -0.39 is 68.2 Å². The van der Waals surface area contributed by atoms with E-state index in [1.54, 1.807) is 0 Å². The number of carbonyl (C=O) groups is 2. The molecule has 1 saturated heterocycles. The molecule has 0 amide bonds. The SMILES string of the molecule is C[C@H](NP(=O)(N[C@@H](C)C(=O)OCCC(C)(C)C)OC[C@@]1(N=[N+]=[N-])O[C@@H](n2ccc(N)nc2=O)[C@H](O)[C@@H]1F)C(=O)OCCC(C)(C)C. The largest absolute Gasteiger partial charge is 0.465 e. The number of hydrogen-bond acceptors (Lipinski definition) is 12. The molecule has 0 aliphatic carbocycles. The molecule has 260 valence electrons. The number of aliphatic hydroxyl groups is 1. The molecule has 2 heterocycles. The monoisotopic (exact) mass is 676 g/mol. The van der Waals surface area contributed by atoms with Crippen molar-refractivity contribution in [3.05, 3.63) is 33.2 Å². The lowest BCUT2D eigenvalue weighted by atomic mass is 9.93. The Bertz CT molecular complexity index is 1330. The third kappa shape index (κ3) is 11.3. The molecule has 0 bridgehead atoms. The number of halogens is 1. The number of alkyl halides is 1. The van der Waals surface area contributed by atoms with Gasteiger partial charge in [-0.2, -0.15) is 4.98 Å². The normalized spacial score (nSPS) is 23.3. The van der Waals surface area contributed by atoms with Gasteiger partial charge in [0.2, 0.25) is 5.72 Å². The minimum atomic E-state index is -4.55. The smallest absolute Gasteiger partial charge is 0.351 e. The van der Waals surface area contributed by atoms with Gasteiger partial charge in [0.05, 0.1) is 19.8 Å². The Hall–Kier alpha value is -3.11. The summed E-state index contributed by atoms with van der Waals surface area (Å²) in [6.07, 6.45) is -4.17. The lowest BCUT2D eigenvalue weighted by Gasteiger charge is -2.30. The Balaban J connectivity index is 2.33. The van der Waals surface area contributed by atoms with Crippen LogP contribution in [0.5, 0.6) is 0 Å². The fourth-order valence-electron chi connectivity index (χ4n) is 3.97. The van der Waals surface area contributed by atoms with Gasteiger partial charge in [-0.15, -0.1) is 0 Å². The molecule has 0 spiro atoms. The summed E-state index contributed by atoms with van der Waals surface area (Å²) in [5.74, 6) is -1.75. The lowest BCUT2D eigenvalue weighted by molar-refractivity contribution is -0.146. The van der Waals surface area contributed by atoms with E-state index in [0.29, 0.717) is 12.8 Å². The van der Waals surface area contributed by atoms with Gasteiger partial charge in [0.1, 0.15) is 24.0 Å². The second kappa shape index (κ2) is 15.7. The molecule has 0 saturated carbocycles. The quantitative estimate of drug-likeness (QED) is 0.0687. The van der Waals surface area contributed by atoms with E-state index in [2.05, 4.69) is 25.2 Å². The molecule has 0 aromatic carbocycles. The van der Waals surface area contributed by atoms with Crippen LogP contribution in [0.1, 0.15) is 74.5 Å². The number of carbonyl (C=O) groups excluding carboxylic acids is 2. The summed E-state index contributed by atoms with van der Waals surface area (Å²) < 4.78 is 52.1. The molecule has 19 heteroatoms. The minimum absolute atomic E-state index is 0.0689.